The summed E-state index contributed by atoms with van der Waals surface area (Å²) < 4.78 is 27.2. The van der Waals surface area contributed by atoms with Crippen LogP contribution in [0.15, 0.2) is 59.0 Å². The number of pyridine rings is 1. The van der Waals surface area contributed by atoms with Crippen molar-refractivity contribution >= 4 is 22.6 Å². The van der Waals surface area contributed by atoms with Crippen molar-refractivity contribution in [1.82, 2.24) is 19.7 Å². The van der Waals surface area contributed by atoms with Crippen LogP contribution in [0, 0.1) is 26.6 Å². The molecule has 0 saturated heterocycles. The molecule has 0 spiro atoms. The Morgan fingerprint density at radius 2 is 1.82 bits per heavy atom. The molecule has 33 heavy (non-hydrogen) atoms. The number of benzene rings is 2. The zero-order chi connectivity index (χ0) is 23.1. The Labute approximate surface area is 194 Å². The Balaban J connectivity index is 1.45. The molecule has 0 radical (unpaired) electrons. The lowest BCUT2D eigenvalue weighted by atomic mass is 10.2. The third kappa shape index (κ3) is 4.07. The van der Waals surface area contributed by atoms with Gasteiger partial charge in [-0.25, -0.2) is 14.1 Å². The fourth-order valence-electron chi connectivity index (χ4n) is 3.76. The van der Waals surface area contributed by atoms with E-state index in [-0.39, 0.29) is 12.4 Å². The molecule has 0 fully saturated rings. The van der Waals surface area contributed by atoms with E-state index in [2.05, 4.69) is 15.1 Å². The lowest BCUT2D eigenvalue weighted by Crippen LogP contribution is -2.02. The van der Waals surface area contributed by atoms with Crippen molar-refractivity contribution in [2.24, 2.45) is 0 Å². The van der Waals surface area contributed by atoms with Crippen molar-refractivity contribution in [2.75, 3.05) is 0 Å². The quantitative estimate of drug-likeness (QED) is 0.303. The van der Waals surface area contributed by atoms with Gasteiger partial charge in [-0.1, -0.05) is 17.7 Å². The molecule has 0 aliphatic carbocycles. The minimum Gasteiger partial charge on any atom is -0.471 e. The maximum absolute atomic E-state index is 13.8. The monoisotopic (exact) mass is 462 g/mol. The fraction of sp³-hybridized carbons (Fsp3) is 0.160. The van der Waals surface area contributed by atoms with Gasteiger partial charge in [0.05, 0.1) is 11.4 Å². The number of oxazole rings is 1. The third-order valence-electron chi connectivity index (χ3n) is 5.38. The van der Waals surface area contributed by atoms with Crippen molar-refractivity contribution in [3.05, 3.63) is 88.1 Å². The average molecular weight is 463 g/mol. The molecule has 3 heterocycles. The molecule has 2 aromatic carbocycles. The third-order valence-corrected chi connectivity index (χ3v) is 5.63. The Morgan fingerprint density at radius 1 is 1.03 bits per heavy atom. The molecule has 5 rings (SSSR count). The van der Waals surface area contributed by atoms with Gasteiger partial charge in [-0.15, -0.1) is 0 Å². The summed E-state index contributed by atoms with van der Waals surface area (Å²) in [6.07, 6.45) is 0. The minimum atomic E-state index is -0.337. The van der Waals surface area contributed by atoms with E-state index in [0.717, 1.165) is 22.2 Å². The molecular weight excluding hydrogens is 443 g/mol. The Bertz CT molecular complexity index is 1470. The Kier molecular flexibility index (Phi) is 5.34. The maximum atomic E-state index is 13.8. The van der Waals surface area contributed by atoms with Crippen LogP contribution in [0.4, 0.5) is 4.39 Å². The van der Waals surface area contributed by atoms with E-state index in [9.17, 15) is 4.39 Å². The van der Waals surface area contributed by atoms with Gasteiger partial charge < -0.3 is 9.15 Å². The number of nitrogens with zero attached hydrogens (tertiary/aromatic N) is 4. The molecule has 8 heteroatoms. The number of rotatable bonds is 5. The normalized spacial score (nSPS) is 11.3. The van der Waals surface area contributed by atoms with Crippen LogP contribution in [0.2, 0.25) is 5.02 Å². The summed E-state index contributed by atoms with van der Waals surface area (Å²) in [5, 5.41) is 6.13. The number of aryl methyl sites for hydroxylation is 3. The summed E-state index contributed by atoms with van der Waals surface area (Å²) in [4.78, 5) is 9.23. The molecule has 0 unspecified atom stereocenters. The van der Waals surface area contributed by atoms with Crippen LogP contribution in [0.3, 0.4) is 0 Å². The number of hydrogen-bond acceptors (Lipinski definition) is 5. The van der Waals surface area contributed by atoms with Gasteiger partial charge in [0.25, 0.3) is 0 Å². The predicted octanol–water partition coefficient (Wildman–Crippen LogP) is 6.37. The van der Waals surface area contributed by atoms with Crippen LogP contribution in [0.5, 0.6) is 5.88 Å². The molecule has 166 valence electrons. The molecule has 0 aliphatic rings. The average Bonchev–Trinajstić information content (AvgIpc) is 3.32. The highest BCUT2D eigenvalue weighted by molar-refractivity contribution is 6.30. The Morgan fingerprint density at radius 3 is 2.58 bits per heavy atom. The second-order valence-corrected chi connectivity index (χ2v) is 8.21. The van der Waals surface area contributed by atoms with Crippen LogP contribution in [-0.2, 0) is 6.61 Å². The predicted molar refractivity (Wildman–Crippen MR) is 124 cm³/mol. The molecule has 6 nitrogen and oxygen atoms in total. The molecule has 0 amide bonds. The zero-order valence-electron chi connectivity index (χ0n) is 18.3. The second kappa shape index (κ2) is 8.33. The SMILES string of the molecule is Cc1oc(-c2ccc(Cl)cc2)nc1COc1cc(C)c2c(C)nn(-c3cccc(F)c3)c2n1. The Hall–Kier alpha value is -3.71. The van der Waals surface area contributed by atoms with Gasteiger partial charge in [-0.3, -0.25) is 0 Å². The minimum absolute atomic E-state index is 0.188. The highest BCUT2D eigenvalue weighted by atomic mass is 35.5. The zero-order valence-corrected chi connectivity index (χ0v) is 19.0. The van der Waals surface area contributed by atoms with Crippen molar-refractivity contribution in [3.8, 4) is 23.0 Å². The molecule has 0 N–H and O–H groups in total. The summed E-state index contributed by atoms with van der Waals surface area (Å²) in [6, 6.07) is 15.4. The number of aromatic nitrogens is 4. The van der Waals surface area contributed by atoms with Gasteiger partial charge in [0, 0.05) is 22.0 Å². The number of halogens is 2. The van der Waals surface area contributed by atoms with Crippen LogP contribution in [-0.4, -0.2) is 19.7 Å². The lowest BCUT2D eigenvalue weighted by molar-refractivity contribution is 0.288. The van der Waals surface area contributed by atoms with Gasteiger partial charge >= 0.3 is 0 Å². The molecular formula is C25H20ClFN4O2. The molecule has 5 aromatic rings. The number of fused-ring (bicyclic) bond motifs is 1. The van der Waals surface area contributed by atoms with Crippen molar-refractivity contribution < 1.29 is 13.5 Å². The van der Waals surface area contributed by atoms with E-state index >= 15 is 0 Å². The summed E-state index contributed by atoms with van der Waals surface area (Å²) in [5.41, 5.74) is 4.48. The lowest BCUT2D eigenvalue weighted by Gasteiger charge is -2.08. The first-order chi connectivity index (χ1) is 15.9. The molecule has 0 bridgehead atoms. The van der Waals surface area contributed by atoms with Crippen molar-refractivity contribution in [1.29, 1.82) is 0 Å². The first-order valence-electron chi connectivity index (χ1n) is 10.4. The number of hydrogen-bond donors (Lipinski definition) is 0. The van der Waals surface area contributed by atoms with E-state index in [1.54, 1.807) is 28.9 Å². The highest BCUT2D eigenvalue weighted by Gasteiger charge is 2.17. The van der Waals surface area contributed by atoms with Crippen LogP contribution in [0.25, 0.3) is 28.2 Å². The molecule has 0 saturated carbocycles. The molecule has 3 aromatic heterocycles. The van der Waals surface area contributed by atoms with E-state index in [1.807, 2.05) is 39.0 Å². The number of ether oxygens (including phenoxy) is 1. The fourth-order valence-corrected chi connectivity index (χ4v) is 3.88. The van der Waals surface area contributed by atoms with Crippen molar-refractivity contribution in [2.45, 2.75) is 27.4 Å². The summed E-state index contributed by atoms with van der Waals surface area (Å²) in [5.74, 6) is 1.25. The standard InChI is InChI=1S/C25H20ClFN4O2/c1-14-11-22(29-24-23(14)15(2)30-31(24)20-6-4-5-19(27)12-20)32-13-21-16(3)33-25(28-21)17-7-9-18(26)10-8-17/h4-12H,13H2,1-3H3. The van der Waals surface area contributed by atoms with E-state index in [0.29, 0.717) is 39.6 Å². The van der Waals surface area contributed by atoms with E-state index in [1.165, 1.54) is 12.1 Å². The van der Waals surface area contributed by atoms with Gasteiger partial charge in [0.15, 0.2) is 5.65 Å². The first-order valence-corrected chi connectivity index (χ1v) is 10.7. The second-order valence-electron chi connectivity index (χ2n) is 7.77. The van der Waals surface area contributed by atoms with Crippen LogP contribution < -0.4 is 4.74 Å². The van der Waals surface area contributed by atoms with Gasteiger partial charge in [-0.2, -0.15) is 10.1 Å². The first kappa shape index (κ1) is 21.2. The maximum Gasteiger partial charge on any atom is 0.226 e. The van der Waals surface area contributed by atoms with Crippen LogP contribution in [0.1, 0.15) is 22.7 Å². The highest BCUT2D eigenvalue weighted by Crippen LogP contribution is 2.28. The van der Waals surface area contributed by atoms with Gasteiger partial charge in [0.2, 0.25) is 11.8 Å². The van der Waals surface area contributed by atoms with E-state index < -0.39 is 0 Å². The molecule has 0 aliphatic heterocycles. The van der Waals surface area contributed by atoms with E-state index in [4.69, 9.17) is 20.8 Å². The smallest absolute Gasteiger partial charge is 0.226 e. The summed E-state index contributed by atoms with van der Waals surface area (Å²) in [6.45, 7) is 5.91. The summed E-state index contributed by atoms with van der Waals surface area (Å²) in [7, 11) is 0. The van der Waals surface area contributed by atoms with Gasteiger partial charge in [0.1, 0.15) is 23.9 Å². The molecule has 0 atom stereocenters. The topological polar surface area (TPSA) is 66.0 Å². The summed E-state index contributed by atoms with van der Waals surface area (Å²) >= 11 is 5.96. The van der Waals surface area contributed by atoms with Gasteiger partial charge in [-0.05, 0) is 68.8 Å². The van der Waals surface area contributed by atoms with Crippen LogP contribution >= 0.6 is 11.6 Å². The largest absolute Gasteiger partial charge is 0.471 e. The van der Waals surface area contributed by atoms with Crippen molar-refractivity contribution in [3.63, 3.8) is 0 Å².